The summed E-state index contributed by atoms with van der Waals surface area (Å²) < 4.78 is 20.9. The molecule has 0 aliphatic carbocycles. The van der Waals surface area contributed by atoms with Crippen LogP contribution in [0, 0.1) is 6.42 Å². The molecule has 0 amide bonds. The van der Waals surface area contributed by atoms with Crippen LogP contribution in [0.1, 0.15) is 26.2 Å². The van der Waals surface area contributed by atoms with E-state index in [9.17, 15) is 0 Å². The van der Waals surface area contributed by atoms with Gasteiger partial charge in [0.15, 0.2) is 0 Å². The first-order valence-electron chi connectivity index (χ1n) is 6.45. The number of hydrogen-bond acceptors (Lipinski definition) is 4. The Bertz CT molecular complexity index is 117. The van der Waals surface area contributed by atoms with Gasteiger partial charge >= 0.3 is 0 Å². The quantitative estimate of drug-likeness (QED) is 0.440. The standard InChI is InChI=1S/C13H27O4/c1-3-15-12-13-17-10-6-4-5-9-16-11-7-8-14-2/h4H,3,5-13H2,1-2H3. The molecular weight excluding hydrogens is 220 g/mol. The molecular formula is C13H27O4. The zero-order valence-corrected chi connectivity index (χ0v) is 11.3. The van der Waals surface area contributed by atoms with E-state index in [1.165, 1.54) is 0 Å². The van der Waals surface area contributed by atoms with E-state index in [-0.39, 0.29) is 0 Å². The van der Waals surface area contributed by atoms with Crippen molar-refractivity contribution in [2.75, 3.05) is 53.4 Å². The third-order valence-corrected chi connectivity index (χ3v) is 2.15. The largest absolute Gasteiger partial charge is 0.385 e. The monoisotopic (exact) mass is 247 g/mol. The predicted molar refractivity (Wildman–Crippen MR) is 68.2 cm³/mol. The van der Waals surface area contributed by atoms with E-state index < -0.39 is 0 Å². The van der Waals surface area contributed by atoms with Crippen LogP contribution < -0.4 is 0 Å². The summed E-state index contributed by atoms with van der Waals surface area (Å²) in [6.45, 7) is 7.26. The second-order valence-corrected chi connectivity index (χ2v) is 3.63. The van der Waals surface area contributed by atoms with Gasteiger partial charge < -0.3 is 18.9 Å². The van der Waals surface area contributed by atoms with Crippen molar-refractivity contribution in [2.24, 2.45) is 0 Å². The highest BCUT2D eigenvalue weighted by Crippen LogP contribution is 1.96. The Balaban J connectivity index is 2.85. The molecule has 0 aliphatic heterocycles. The summed E-state index contributed by atoms with van der Waals surface area (Å²) in [5, 5.41) is 0. The van der Waals surface area contributed by atoms with Gasteiger partial charge in [-0.3, -0.25) is 0 Å². The minimum atomic E-state index is 0.690. The Morgan fingerprint density at radius 3 is 2.06 bits per heavy atom. The summed E-state index contributed by atoms with van der Waals surface area (Å²) in [6, 6.07) is 0. The average Bonchev–Trinajstić information content (AvgIpc) is 2.35. The molecule has 1 radical (unpaired) electrons. The van der Waals surface area contributed by atoms with Crippen LogP contribution in [-0.4, -0.2) is 53.4 Å². The van der Waals surface area contributed by atoms with Crippen molar-refractivity contribution in [3.63, 3.8) is 0 Å². The number of methoxy groups -OCH3 is 1. The van der Waals surface area contributed by atoms with E-state index in [0.29, 0.717) is 13.2 Å². The van der Waals surface area contributed by atoms with Gasteiger partial charge in [-0.05, 0) is 32.6 Å². The Morgan fingerprint density at radius 1 is 0.765 bits per heavy atom. The molecule has 0 aromatic carbocycles. The van der Waals surface area contributed by atoms with Gasteiger partial charge in [-0.1, -0.05) is 0 Å². The molecule has 0 aliphatic rings. The van der Waals surface area contributed by atoms with Gasteiger partial charge in [0.1, 0.15) is 0 Å². The second-order valence-electron chi connectivity index (χ2n) is 3.63. The van der Waals surface area contributed by atoms with Crippen molar-refractivity contribution in [1.82, 2.24) is 0 Å². The zero-order valence-electron chi connectivity index (χ0n) is 11.3. The Hall–Kier alpha value is -0.160. The number of unbranched alkanes of at least 4 members (excludes halogenated alkanes) is 2. The Kier molecular flexibility index (Phi) is 15.7. The molecule has 0 aromatic heterocycles. The number of rotatable bonds is 14. The molecule has 0 atom stereocenters. The van der Waals surface area contributed by atoms with Gasteiger partial charge in [0.25, 0.3) is 0 Å². The fourth-order valence-electron chi connectivity index (χ4n) is 1.25. The Labute approximate surface area is 106 Å². The maximum atomic E-state index is 5.42. The molecule has 4 nitrogen and oxygen atoms in total. The molecule has 0 N–H and O–H groups in total. The Morgan fingerprint density at radius 2 is 1.41 bits per heavy atom. The van der Waals surface area contributed by atoms with E-state index >= 15 is 0 Å². The lowest BCUT2D eigenvalue weighted by molar-refractivity contribution is 0.0531. The van der Waals surface area contributed by atoms with Crippen LogP contribution >= 0.6 is 0 Å². The summed E-state index contributed by atoms with van der Waals surface area (Å²) in [5.41, 5.74) is 0. The van der Waals surface area contributed by atoms with Gasteiger partial charge in [0, 0.05) is 40.1 Å². The van der Waals surface area contributed by atoms with E-state index in [4.69, 9.17) is 18.9 Å². The van der Waals surface area contributed by atoms with Crippen molar-refractivity contribution < 1.29 is 18.9 Å². The summed E-state index contributed by atoms with van der Waals surface area (Å²) in [5.74, 6) is 0. The zero-order chi connectivity index (χ0) is 12.6. The van der Waals surface area contributed by atoms with Crippen molar-refractivity contribution in [2.45, 2.75) is 26.2 Å². The topological polar surface area (TPSA) is 36.9 Å². The molecule has 0 saturated carbocycles. The fraction of sp³-hybridized carbons (Fsp3) is 0.923. The summed E-state index contributed by atoms with van der Waals surface area (Å²) in [7, 11) is 1.71. The molecule has 0 heterocycles. The van der Waals surface area contributed by atoms with Gasteiger partial charge in [0.2, 0.25) is 0 Å². The molecule has 17 heavy (non-hydrogen) atoms. The van der Waals surface area contributed by atoms with E-state index in [0.717, 1.165) is 52.3 Å². The number of hydrogen-bond donors (Lipinski definition) is 0. The first kappa shape index (κ1) is 16.8. The molecule has 103 valence electrons. The van der Waals surface area contributed by atoms with E-state index in [1.54, 1.807) is 7.11 Å². The van der Waals surface area contributed by atoms with Crippen molar-refractivity contribution in [3.8, 4) is 0 Å². The number of ether oxygens (including phenoxy) is 4. The van der Waals surface area contributed by atoms with Gasteiger partial charge in [0.05, 0.1) is 13.2 Å². The van der Waals surface area contributed by atoms with Crippen molar-refractivity contribution in [1.29, 1.82) is 0 Å². The third kappa shape index (κ3) is 15.8. The SMILES string of the molecule is CCOCCOCC[CH]CCOCCCOC. The minimum absolute atomic E-state index is 0.690. The normalized spacial score (nSPS) is 10.9. The van der Waals surface area contributed by atoms with Crippen molar-refractivity contribution >= 4 is 0 Å². The molecule has 4 heteroatoms. The first-order chi connectivity index (χ1) is 8.41. The lowest BCUT2D eigenvalue weighted by Crippen LogP contribution is -2.05. The van der Waals surface area contributed by atoms with Crippen LogP contribution in [-0.2, 0) is 18.9 Å². The summed E-state index contributed by atoms with van der Waals surface area (Å²) >= 11 is 0. The fourth-order valence-corrected chi connectivity index (χ4v) is 1.25. The van der Waals surface area contributed by atoms with Gasteiger partial charge in [-0.2, -0.15) is 0 Å². The van der Waals surface area contributed by atoms with Gasteiger partial charge in [-0.15, -0.1) is 0 Å². The lowest BCUT2D eigenvalue weighted by Gasteiger charge is -2.05. The van der Waals surface area contributed by atoms with Crippen LogP contribution in [0.15, 0.2) is 0 Å². The first-order valence-corrected chi connectivity index (χ1v) is 6.45. The van der Waals surface area contributed by atoms with Crippen LogP contribution in [0.3, 0.4) is 0 Å². The summed E-state index contributed by atoms with van der Waals surface area (Å²) in [4.78, 5) is 0. The van der Waals surface area contributed by atoms with Crippen molar-refractivity contribution in [3.05, 3.63) is 6.42 Å². The smallest absolute Gasteiger partial charge is 0.0700 e. The van der Waals surface area contributed by atoms with Crippen LogP contribution in [0.2, 0.25) is 0 Å². The van der Waals surface area contributed by atoms with Crippen LogP contribution in [0.25, 0.3) is 0 Å². The van der Waals surface area contributed by atoms with Crippen LogP contribution in [0.4, 0.5) is 0 Å². The van der Waals surface area contributed by atoms with E-state index in [2.05, 4.69) is 6.42 Å². The maximum Gasteiger partial charge on any atom is 0.0700 e. The molecule has 0 bridgehead atoms. The minimum Gasteiger partial charge on any atom is -0.385 e. The lowest BCUT2D eigenvalue weighted by atomic mass is 10.2. The predicted octanol–water partition coefficient (Wildman–Crippen LogP) is 2.08. The maximum absolute atomic E-state index is 5.42. The third-order valence-electron chi connectivity index (χ3n) is 2.15. The summed E-state index contributed by atoms with van der Waals surface area (Å²) in [6.07, 6.45) is 5.14. The van der Waals surface area contributed by atoms with Crippen LogP contribution in [0.5, 0.6) is 0 Å². The molecule has 0 fully saturated rings. The highest BCUT2D eigenvalue weighted by Gasteiger charge is 1.92. The molecule has 0 unspecified atom stereocenters. The highest BCUT2D eigenvalue weighted by molar-refractivity contribution is 4.63. The molecule has 0 aromatic rings. The van der Waals surface area contributed by atoms with E-state index in [1.807, 2.05) is 6.92 Å². The highest BCUT2D eigenvalue weighted by atomic mass is 16.5. The molecule has 0 rings (SSSR count). The molecule has 0 spiro atoms. The molecule has 0 saturated heterocycles. The average molecular weight is 247 g/mol. The second kappa shape index (κ2) is 15.8. The van der Waals surface area contributed by atoms with Gasteiger partial charge in [-0.25, -0.2) is 0 Å².